The van der Waals surface area contributed by atoms with Crippen LogP contribution in [0.2, 0.25) is 0 Å². The van der Waals surface area contributed by atoms with Gasteiger partial charge in [0.1, 0.15) is 6.04 Å². The summed E-state index contributed by atoms with van der Waals surface area (Å²) in [4.78, 5) is 13.9. The van der Waals surface area contributed by atoms with E-state index in [1.165, 1.54) is 0 Å². The molecule has 1 saturated heterocycles. The van der Waals surface area contributed by atoms with Crippen LogP contribution in [0, 0.1) is 10.7 Å². The molecule has 152 valence electrons. The predicted molar refractivity (Wildman–Crippen MR) is 116 cm³/mol. The lowest BCUT2D eigenvalue weighted by Gasteiger charge is -2.32. The number of carbonyl (C=O) groups is 1. The van der Waals surface area contributed by atoms with Crippen molar-refractivity contribution in [1.29, 1.82) is 0 Å². The van der Waals surface area contributed by atoms with E-state index in [4.69, 9.17) is 17.0 Å². The Morgan fingerprint density at radius 2 is 2.21 bits per heavy atom. The third-order valence-electron chi connectivity index (χ3n) is 5.32. The lowest BCUT2D eigenvalue weighted by molar-refractivity contribution is -0.124. The van der Waals surface area contributed by atoms with Crippen molar-refractivity contribution in [1.82, 2.24) is 20.1 Å². The SMILES string of the molecule is CC(C(=O)NCC1CCCOC1c1ccccc1)n1c(-c2cccs2)n[nH]c1=S. The number of nitrogens with one attached hydrogen (secondary N) is 2. The topological polar surface area (TPSA) is 71.9 Å². The van der Waals surface area contributed by atoms with Crippen molar-refractivity contribution in [3.8, 4) is 10.7 Å². The number of H-pyrrole nitrogens is 1. The van der Waals surface area contributed by atoms with Gasteiger partial charge in [-0.3, -0.25) is 14.5 Å². The van der Waals surface area contributed by atoms with Crippen LogP contribution in [0.15, 0.2) is 47.8 Å². The van der Waals surface area contributed by atoms with Crippen molar-refractivity contribution >= 4 is 29.5 Å². The lowest BCUT2D eigenvalue weighted by Crippen LogP contribution is -2.38. The molecular weight excluding hydrogens is 404 g/mol. The number of hydrogen-bond acceptors (Lipinski definition) is 5. The number of amides is 1. The Balaban J connectivity index is 1.46. The van der Waals surface area contributed by atoms with Gasteiger partial charge in [-0.05, 0) is 49.0 Å². The average Bonchev–Trinajstić information content (AvgIpc) is 3.42. The van der Waals surface area contributed by atoms with Gasteiger partial charge >= 0.3 is 0 Å². The van der Waals surface area contributed by atoms with Crippen molar-refractivity contribution < 1.29 is 9.53 Å². The van der Waals surface area contributed by atoms with E-state index in [0.29, 0.717) is 17.1 Å². The molecule has 0 saturated carbocycles. The number of ether oxygens (including phenoxy) is 1. The number of carbonyl (C=O) groups excluding carboxylic acids is 1. The molecule has 2 N–H and O–H groups in total. The van der Waals surface area contributed by atoms with Gasteiger partial charge < -0.3 is 10.1 Å². The van der Waals surface area contributed by atoms with Crippen LogP contribution < -0.4 is 5.32 Å². The van der Waals surface area contributed by atoms with Crippen molar-refractivity contribution in [2.75, 3.05) is 13.2 Å². The summed E-state index contributed by atoms with van der Waals surface area (Å²) in [5, 5.41) is 12.2. The first-order valence-electron chi connectivity index (χ1n) is 9.80. The van der Waals surface area contributed by atoms with Crippen LogP contribution >= 0.6 is 23.6 Å². The Bertz CT molecular complexity index is 997. The fourth-order valence-corrected chi connectivity index (χ4v) is 4.80. The molecule has 2 aromatic heterocycles. The maximum Gasteiger partial charge on any atom is 0.242 e. The summed E-state index contributed by atoms with van der Waals surface area (Å²) in [5.74, 6) is 0.866. The molecule has 6 nitrogen and oxygen atoms in total. The molecule has 29 heavy (non-hydrogen) atoms. The van der Waals surface area contributed by atoms with Gasteiger partial charge in [-0.2, -0.15) is 5.10 Å². The quantitative estimate of drug-likeness (QED) is 0.567. The van der Waals surface area contributed by atoms with Crippen molar-refractivity contribution in [3.05, 3.63) is 58.2 Å². The largest absolute Gasteiger partial charge is 0.373 e. The molecule has 4 rings (SSSR count). The number of aromatic nitrogens is 3. The molecule has 3 heterocycles. The zero-order valence-corrected chi connectivity index (χ0v) is 17.8. The minimum absolute atomic E-state index is 0.0123. The van der Waals surface area contributed by atoms with E-state index in [2.05, 4.69) is 27.6 Å². The smallest absolute Gasteiger partial charge is 0.242 e. The van der Waals surface area contributed by atoms with Crippen LogP contribution in [0.1, 0.15) is 37.5 Å². The van der Waals surface area contributed by atoms with E-state index < -0.39 is 6.04 Å². The highest BCUT2D eigenvalue weighted by atomic mass is 32.1. The van der Waals surface area contributed by atoms with Gasteiger partial charge in [0, 0.05) is 19.1 Å². The first-order chi connectivity index (χ1) is 14.1. The molecular formula is C21H24N4O2S2. The first kappa shape index (κ1) is 20.0. The number of aromatic amines is 1. The highest BCUT2D eigenvalue weighted by Gasteiger charge is 2.29. The number of rotatable bonds is 6. The van der Waals surface area contributed by atoms with E-state index in [-0.39, 0.29) is 17.9 Å². The summed E-state index contributed by atoms with van der Waals surface area (Å²) in [6, 6.07) is 13.7. The van der Waals surface area contributed by atoms with Gasteiger partial charge in [0.15, 0.2) is 10.6 Å². The van der Waals surface area contributed by atoms with E-state index in [1.54, 1.807) is 15.9 Å². The molecule has 3 aromatic rings. The minimum atomic E-state index is -0.460. The highest BCUT2D eigenvalue weighted by Crippen LogP contribution is 2.33. The second-order valence-electron chi connectivity index (χ2n) is 7.23. The maximum absolute atomic E-state index is 12.9. The number of thiophene rings is 1. The van der Waals surface area contributed by atoms with Gasteiger partial charge in [-0.25, -0.2) is 0 Å². The molecule has 1 aromatic carbocycles. The van der Waals surface area contributed by atoms with E-state index in [9.17, 15) is 4.79 Å². The Morgan fingerprint density at radius 3 is 2.97 bits per heavy atom. The lowest BCUT2D eigenvalue weighted by atomic mass is 9.89. The summed E-state index contributed by atoms with van der Waals surface area (Å²) < 4.78 is 8.27. The van der Waals surface area contributed by atoms with Crippen LogP contribution in [-0.2, 0) is 9.53 Å². The highest BCUT2D eigenvalue weighted by molar-refractivity contribution is 7.71. The Labute approximate surface area is 178 Å². The van der Waals surface area contributed by atoms with Gasteiger partial charge in [0.25, 0.3) is 0 Å². The molecule has 0 spiro atoms. The van der Waals surface area contributed by atoms with Gasteiger partial charge in [-0.15, -0.1) is 11.3 Å². The summed E-state index contributed by atoms with van der Waals surface area (Å²) in [5.41, 5.74) is 1.16. The van der Waals surface area contributed by atoms with Crippen LogP contribution in [0.3, 0.4) is 0 Å². The predicted octanol–water partition coefficient (Wildman–Crippen LogP) is 4.51. The second-order valence-corrected chi connectivity index (χ2v) is 8.56. The molecule has 8 heteroatoms. The van der Waals surface area contributed by atoms with Gasteiger partial charge in [0.2, 0.25) is 5.91 Å². The Hall–Kier alpha value is -2.29. The average molecular weight is 429 g/mol. The molecule has 1 aliphatic rings. The fraction of sp³-hybridized carbons (Fsp3) is 0.381. The molecule has 0 bridgehead atoms. The zero-order chi connectivity index (χ0) is 20.2. The third-order valence-corrected chi connectivity index (χ3v) is 6.48. The second kappa shape index (κ2) is 9.02. The molecule has 3 unspecified atom stereocenters. The normalized spacial score (nSPS) is 20.3. The number of benzene rings is 1. The summed E-state index contributed by atoms with van der Waals surface area (Å²) >= 11 is 6.95. The Kier molecular flexibility index (Phi) is 6.22. The maximum atomic E-state index is 12.9. The third kappa shape index (κ3) is 4.34. The molecule has 0 radical (unpaired) electrons. The van der Waals surface area contributed by atoms with E-state index in [0.717, 1.165) is 29.9 Å². The van der Waals surface area contributed by atoms with Gasteiger partial charge in [-0.1, -0.05) is 36.4 Å². The van der Waals surface area contributed by atoms with Crippen molar-refractivity contribution in [3.63, 3.8) is 0 Å². The minimum Gasteiger partial charge on any atom is -0.373 e. The van der Waals surface area contributed by atoms with Crippen LogP contribution in [0.25, 0.3) is 10.7 Å². The van der Waals surface area contributed by atoms with Crippen LogP contribution in [0.5, 0.6) is 0 Å². The monoisotopic (exact) mass is 428 g/mol. The number of nitrogens with zero attached hydrogens (tertiary/aromatic N) is 2. The van der Waals surface area contributed by atoms with Crippen LogP contribution in [0.4, 0.5) is 0 Å². The molecule has 0 aliphatic carbocycles. The fourth-order valence-electron chi connectivity index (χ4n) is 3.80. The van der Waals surface area contributed by atoms with Gasteiger partial charge in [0.05, 0.1) is 11.0 Å². The number of hydrogen-bond donors (Lipinski definition) is 2. The van der Waals surface area contributed by atoms with Crippen LogP contribution in [-0.4, -0.2) is 33.8 Å². The molecule has 1 amide bonds. The summed E-state index contributed by atoms with van der Waals surface area (Å²) in [6.07, 6.45) is 2.05. The standard InChI is InChI=1S/C21H24N4O2S2/c1-14(25-19(23-24-21(25)28)17-10-6-12-29-17)20(26)22-13-16-9-5-11-27-18(16)15-7-3-2-4-8-15/h2-4,6-8,10,12,14,16,18H,5,9,11,13H2,1H3,(H,22,26)(H,24,28). The van der Waals surface area contributed by atoms with E-state index in [1.807, 2.05) is 42.6 Å². The summed E-state index contributed by atoms with van der Waals surface area (Å²) in [7, 11) is 0. The van der Waals surface area contributed by atoms with E-state index >= 15 is 0 Å². The Morgan fingerprint density at radius 1 is 1.38 bits per heavy atom. The molecule has 3 atom stereocenters. The van der Waals surface area contributed by atoms with Crippen molar-refractivity contribution in [2.45, 2.75) is 31.9 Å². The first-order valence-corrected chi connectivity index (χ1v) is 11.1. The zero-order valence-electron chi connectivity index (χ0n) is 16.2. The van der Waals surface area contributed by atoms with Crippen molar-refractivity contribution in [2.24, 2.45) is 5.92 Å². The molecule has 1 aliphatic heterocycles. The summed E-state index contributed by atoms with van der Waals surface area (Å²) in [6.45, 7) is 3.18. The molecule has 1 fully saturated rings.